The molecule has 2 N–H and O–H groups in total. The maximum absolute atomic E-state index is 13.2. The second-order valence-electron chi connectivity index (χ2n) is 6.63. The van der Waals surface area contributed by atoms with Crippen LogP contribution in [0.4, 0.5) is 4.39 Å². The number of benzene rings is 1. The van der Waals surface area contributed by atoms with Crippen LogP contribution in [0, 0.1) is 5.82 Å². The van der Waals surface area contributed by atoms with E-state index < -0.39 is 6.04 Å². The third-order valence-corrected chi connectivity index (χ3v) is 4.72. The normalized spacial score (nSPS) is 21.1. The number of carbonyl (C=O) groups is 3. The second kappa shape index (κ2) is 7.63. The average molecular weight is 347 g/mol. The van der Waals surface area contributed by atoms with Gasteiger partial charge in [-0.3, -0.25) is 14.4 Å². The Morgan fingerprint density at radius 2 is 2.00 bits per heavy atom. The number of nitrogens with one attached hydrogen (secondary N) is 2. The van der Waals surface area contributed by atoms with Gasteiger partial charge in [-0.25, -0.2) is 4.39 Å². The lowest BCUT2D eigenvalue weighted by Crippen LogP contribution is -2.51. The minimum absolute atomic E-state index is 0.0169. The van der Waals surface area contributed by atoms with E-state index in [1.807, 2.05) is 0 Å². The fourth-order valence-corrected chi connectivity index (χ4v) is 3.37. The highest BCUT2D eigenvalue weighted by molar-refractivity contribution is 5.90. The number of nitrogens with zero attached hydrogens (tertiary/aromatic N) is 1. The van der Waals surface area contributed by atoms with Crippen molar-refractivity contribution in [3.63, 3.8) is 0 Å². The summed E-state index contributed by atoms with van der Waals surface area (Å²) in [6.07, 6.45) is 2.47. The second-order valence-corrected chi connectivity index (χ2v) is 6.63. The maximum Gasteiger partial charge on any atom is 0.245 e. The van der Waals surface area contributed by atoms with Gasteiger partial charge in [0.1, 0.15) is 11.9 Å². The molecule has 7 heteroatoms. The summed E-state index contributed by atoms with van der Waals surface area (Å²) >= 11 is 0. The van der Waals surface area contributed by atoms with Crippen molar-refractivity contribution >= 4 is 17.7 Å². The van der Waals surface area contributed by atoms with Crippen LogP contribution in [0.25, 0.3) is 0 Å². The number of piperidine rings is 1. The van der Waals surface area contributed by atoms with Crippen molar-refractivity contribution in [2.24, 2.45) is 0 Å². The van der Waals surface area contributed by atoms with Crippen LogP contribution in [0.2, 0.25) is 0 Å². The number of carbonyl (C=O) groups excluding carboxylic acids is 3. The van der Waals surface area contributed by atoms with E-state index in [0.717, 1.165) is 0 Å². The maximum atomic E-state index is 13.2. The average Bonchev–Trinajstić information content (AvgIpc) is 3.01. The van der Waals surface area contributed by atoms with Crippen molar-refractivity contribution in [1.82, 2.24) is 15.5 Å². The first kappa shape index (κ1) is 17.4. The highest BCUT2D eigenvalue weighted by Gasteiger charge is 2.32. The summed E-state index contributed by atoms with van der Waals surface area (Å²) < 4.78 is 13.2. The van der Waals surface area contributed by atoms with E-state index in [-0.39, 0.29) is 36.0 Å². The van der Waals surface area contributed by atoms with Gasteiger partial charge in [0.05, 0.1) is 6.42 Å². The molecule has 2 aliphatic rings. The molecule has 2 aliphatic heterocycles. The molecule has 1 atom stereocenters. The van der Waals surface area contributed by atoms with Crippen molar-refractivity contribution in [3.8, 4) is 0 Å². The predicted molar refractivity (Wildman–Crippen MR) is 89.0 cm³/mol. The van der Waals surface area contributed by atoms with Crippen LogP contribution in [0.5, 0.6) is 0 Å². The lowest BCUT2D eigenvalue weighted by Gasteiger charge is -2.33. The van der Waals surface area contributed by atoms with Gasteiger partial charge in [-0.1, -0.05) is 12.1 Å². The Hall–Kier alpha value is -2.44. The molecule has 6 nitrogen and oxygen atoms in total. The van der Waals surface area contributed by atoms with Crippen molar-refractivity contribution in [3.05, 3.63) is 35.6 Å². The highest BCUT2D eigenvalue weighted by atomic mass is 19.1. The summed E-state index contributed by atoms with van der Waals surface area (Å²) in [6.45, 7) is 1.13. The molecule has 2 heterocycles. The first-order chi connectivity index (χ1) is 12.0. The van der Waals surface area contributed by atoms with Gasteiger partial charge in [-0.15, -0.1) is 0 Å². The van der Waals surface area contributed by atoms with Crippen LogP contribution in [0.3, 0.4) is 0 Å². The van der Waals surface area contributed by atoms with Crippen LogP contribution >= 0.6 is 0 Å². The SMILES string of the molecule is O=C(Cc1cccc(F)c1)NC1CCN(C(=O)C2CCC(=O)N2)CC1. The molecule has 0 saturated carbocycles. The van der Waals surface area contributed by atoms with E-state index >= 15 is 0 Å². The summed E-state index contributed by atoms with van der Waals surface area (Å²) in [6, 6.07) is 5.64. The number of hydrogen-bond acceptors (Lipinski definition) is 3. The Labute approximate surface area is 145 Å². The Morgan fingerprint density at radius 1 is 1.24 bits per heavy atom. The highest BCUT2D eigenvalue weighted by Crippen LogP contribution is 2.16. The summed E-state index contributed by atoms with van der Waals surface area (Å²) in [7, 11) is 0. The van der Waals surface area contributed by atoms with Crippen LogP contribution in [-0.2, 0) is 20.8 Å². The number of halogens is 1. The molecule has 0 radical (unpaired) electrons. The molecule has 3 amide bonds. The number of hydrogen-bond donors (Lipinski definition) is 2. The third kappa shape index (κ3) is 4.55. The molecule has 0 aromatic heterocycles. The fraction of sp³-hybridized carbons (Fsp3) is 0.500. The van der Waals surface area contributed by atoms with Crippen LogP contribution < -0.4 is 10.6 Å². The lowest BCUT2D eigenvalue weighted by atomic mass is 10.0. The Balaban J connectivity index is 1.43. The number of rotatable bonds is 4. The van der Waals surface area contributed by atoms with Crippen LogP contribution in [-0.4, -0.2) is 47.8 Å². The van der Waals surface area contributed by atoms with Crippen LogP contribution in [0.1, 0.15) is 31.2 Å². The molecule has 2 fully saturated rings. The van der Waals surface area contributed by atoms with Crippen LogP contribution in [0.15, 0.2) is 24.3 Å². The van der Waals surface area contributed by atoms with Gasteiger partial charge in [0.2, 0.25) is 17.7 Å². The quantitative estimate of drug-likeness (QED) is 0.844. The molecule has 2 saturated heterocycles. The third-order valence-electron chi connectivity index (χ3n) is 4.72. The zero-order valence-electron chi connectivity index (χ0n) is 14.0. The van der Waals surface area contributed by atoms with E-state index in [1.54, 1.807) is 17.0 Å². The summed E-state index contributed by atoms with van der Waals surface area (Å²) in [5, 5.41) is 5.65. The smallest absolute Gasteiger partial charge is 0.245 e. The summed E-state index contributed by atoms with van der Waals surface area (Å²) in [4.78, 5) is 37.4. The summed E-state index contributed by atoms with van der Waals surface area (Å²) in [5.74, 6) is -0.595. The molecule has 0 spiro atoms. The molecule has 1 unspecified atom stereocenters. The van der Waals surface area contributed by atoms with Gasteiger partial charge in [0, 0.05) is 25.6 Å². The minimum Gasteiger partial charge on any atom is -0.353 e. The molecule has 134 valence electrons. The predicted octanol–water partition coefficient (Wildman–Crippen LogP) is 0.754. The van der Waals surface area contributed by atoms with E-state index in [9.17, 15) is 18.8 Å². The molecule has 3 rings (SSSR count). The largest absolute Gasteiger partial charge is 0.353 e. The van der Waals surface area contributed by atoms with E-state index in [0.29, 0.717) is 44.3 Å². The zero-order chi connectivity index (χ0) is 17.8. The Bertz CT molecular complexity index is 671. The van der Waals surface area contributed by atoms with Crippen molar-refractivity contribution in [2.45, 2.75) is 44.2 Å². The molecule has 1 aromatic carbocycles. The first-order valence-electron chi connectivity index (χ1n) is 8.63. The van der Waals surface area contributed by atoms with Gasteiger partial charge in [-0.2, -0.15) is 0 Å². The monoisotopic (exact) mass is 347 g/mol. The van der Waals surface area contributed by atoms with E-state index in [2.05, 4.69) is 10.6 Å². The zero-order valence-corrected chi connectivity index (χ0v) is 14.0. The fourth-order valence-electron chi connectivity index (χ4n) is 3.37. The Morgan fingerprint density at radius 3 is 2.64 bits per heavy atom. The summed E-state index contributed by atoms with van der Waals surface area (Å²) in [5.41, 5.74) is 0.641. The van der Waals surface area contributed by atoms with Gasteiger partial charge in [-0.05, 0) is 37.0 Å². The van der Waals surface area contributed by atoms with Crippen molar-refractivity contribution in [1.29, 1.82) is 0 Å². The standard InChI is InChI=1S/C18H22FN3O3/c19-13-3-1-2-12(10-13)11-17(24)20-14-6-8-22(9-7-14)18(25)15-4-5-16(23)21-15/h1-3,10,14-15H,4-9,11H2,(H,20,24)(H,21,23). The van der Waals surface area contributed by atoms with Crippen molar-refractivity contribution in [2.75, 3.05) is 13.1 Å². The number of amides is 3. The van der Waals surface area contributed by atoms with Gasteiger partial charge in [0.25, 0.3) is 0 Å². The molecule has 0 aliphatic carbocycles. The molecule has 25 heavy (non-hydrogen) atoms. The molecule has 1 aromatic rings. The van der Waals surface area contributed by atoms with Gasteiger partial charge < -0.3 is 15.5 Å². The van der Waals surface area contributed by atoms with E-state index in [1.165, 1.54) is 12.1 Å². The van der Waals surface area contributed by atoms with Gasteiger partial charge in [0.15, 0.2) is 0 Å². The molecule has 0 bridgehead atoms. The minimum atomic E-state index is -0.397. The lowest BCUT2D eigenvalue weighted by molar-refractivity contribution is -0.135. The molecular formula is C18H22FN3O3. The van der Waals surface area contributed by atoms with Crippen molar-refractivity contribution < 1.29 is 18.8 Å². The van der Waals surface area contributed by atoms with Gasteiger partial charge >= 0.3 is 0 Å². The molecular weight excluding hydrogens is 325 g/mol. The topological polar surface area (TPSA) is 78.5 Å². The van der Waals surface area contributed by atoms with E-state index in [4.69, 9.17) is 0 Å². The first-order valence-corrected chi connectivity index (χ1v) is 8.63. The number of likely N-dealkylation sites (tertiary alicyclic amines) is 1. The Kier molecular flexibility index (Phi) is 5.31.